The van der Waals surface area contributed by atoms with Gasteiger partial charge in [-0.2, -0.15) is 4.98 Å². The fourth-order valence-corrected chi connectivity index (χ4v) is 4.43. The Balaban J connectivity index is 1.94. The Morgan fingerprint density at radius 1 is 1.14 bits per heavy atom. The summed E-state index contributed by atoms with van der Waals surface area (Å²) >= 11 is 1.21. The molecule has 0 unspecified atom stereocenters. The SMILES string of the molecule is Cc1cccc(C)c1-c1nc(NSc2cccc(C(=O)O)c2)nc(OC[C@H](N)CC(C)(C)O)c1C. The highest BCUT2D eigenvalue weighted by Crippen LogP contribution is 2.34. The quantitative estimate of drug-likeness (QED) is 0.294. The summed E-state index contributed by atoms with van der Waals surface area (Å²) < 4.78 is 9.14. The minimum atomic E-state index is -0.991. The number of hydrogen-bond donors (Lipinski definition) is 4. The highest BCUT2D eigenvalue weighted by Gasteiger charge is 2.21. The molecule has 0 radical (unpaired) electrons. The summed E-state index contributed by atoms with van der Waals surface area (Å²) in [6.45, 7) is 9.57. The van der Waals surface area contributed by atoms with Crippen LogP contribution in [0, 0.1) is 20.8 Å². The minimum Gasteiger partial charge on any atom is -0.478 e. The number of anilines is 1. The fourth-order valence-electron chi connectivity index (χ4n) is 3.80. The highest BCUT2D eigenvalue weighted by atomic mass is 32.2. The number of rotatable bonds is 10. The molecule has 8 nitrogen and oxygen atoms in total. The van der Waals surface area contributed by atoms with Crippen molar-refractivity contribution >= 4 is 23.9 Å². The van der Waals surface area contributed by atoms with Gasteiger partial charge in [0.1, 0.15) is 6.61 Å². The maximum absolute atomic E-state index is 11.3. The van der Waals surface area contributed by atoms with Crippen molar-refractivity contribution in [2.45, 2.75) is 57.6 Å². The second-order valence-electron chi connectivity index (χ2n) is 9.22. The molecule has 0 aliphatic heterocycles. The number of nitrogens with two attached hydrogens (primary N) is 1. The Labute approximate surface area is 210 Å². The summed E-state index contributed by atoms with van der Waals surface area (Å²) in [5.41, 5.74) is 10.1. The van der Waals surface area contributed by atoms with Crippen LogP contribution in [0.4, 0.5) is 5.95 Å². The van der Waals surface area contributed by atoms with E-state index in [2.05, 4.69) is 9.71 Å². The molecule has 1 atom stereocenters. The van der Waals surface area contributed by atoms with Gasteiger partial charge in [-0.3, -0.25) is 4.72 Å². The van der Waals surface area contributed by atoms with Gasteiger partial charge in [-0.25, -0.2) is 9.78 Å². The van der Waals surface area contributed by atoms with E-state index in [9.17, 15) is 15.0 Å². The molecular weight excluding hydrogens is 464 g/mol. The van der Waals surface area contributed by atoms with Crippen LogP contribution >= 0.6 is 11.9 Å². The Morgan fingerprint density at radius 2 is 1.80 bits per heavy atom. The predicted molar refractivity (Wildman–Crippen MR) is 139 cm³/mol. The van der Waals surface area contributed by atoms with Crippen molar-refractivity contribution in [3.05, 3.63) is 64.7 Å². The van der Waals surface area contributed by atoms with Gasteiger partial charge < -0.3 is 20.7 Å². The smallest absolute Gasteiger partial charge is 0.335 e. The zero-order valence-corrected chi connectivity index (χ0v) is 21.4. The van der Waals surface area contributed by atoms with Crippen LogP contribution in [0.3, 0.4) is 0 Å². The average molecular weight is 497 g/mol. The summed E-state index contributed by atoms with van der Waals surface area (Å²) in [6, 6.07) is 12.3. The lowest BCUT2D eigenvalue weighted by atomic mass is 9.97. The van der Waals surface area contributed by atoms with E-state index >= 15 is 0 Å². The number of carboxylic acids is 1. The van der Waals surface area contributed by atoms with E-state index in [1.807, 2.05) is 39.0 Å². The third-order valence-electron chi connectivity index (χ3n) is 5.36. The molecule has 0 saturated carbocycles. The Morgan fingerprint density at radius 3 is 2.43 bits per heavy atom. The van der Waals surface area contributed by atoms with Gasteiger partial charge >= 0.3 is 5.97 Å². The Hall–Kier alpha value is -3.14. The molecule has 3 rings (SSSR count). The van der Waals surface area contributed by atoms with Crippen LogP contribution in [-0.4, -0.2) is 44.4 Å². The normalized spacial score (nSPS) is 12.3. The standard InChI is InChI=1S/C26H32N4O4S/c1-15-8-6-9-16(2)21(15)22-17(3)23(34-14-19(27)13-26(4,5)33)29-25(28-22)30-35-20-11-7-10-18(12-20)24(31)32/h6-12,19,33H,13-14,27H2,1-5H3,(H,31,32)(H,28,29,30)/t19-/m1/s1. The van der Waals surface area contributed by atoms with Gasteiger partial charge in [-0.1, -0.05) is 24.3 Å². The summed E-state index contributed by atoms with van der Waals surface area (Å²) in [4.78, 5) is 21.3. The molecule has 0 aliphatic carbocycles. The van der Waals surface area contributed by atoms with Crippen LogP contribution in [0.5, 0.6) is 5.88 Å². The number of aromatic nitrogens is 2. The molecule has 2 aromatic carbocycles. The summed E-state index contributed by atoms with van der Waals surface area (Å²) in [5, 5.41) is 19.3. The maximum atomic E-state index is 11.3. The van der Waals surface area contributed by atoms with Crippen LogP contribution < -0.4 is 15.2 Å². The average Bonchev–Trinajstić information content (AvgIpc) is 2.77. The van der Waals surface area contributed by atoms with Crippen molar-refractivity contribution in [3.63, 3.8) is 0 Å². The van der Waals surface area contributed by atoms with Crippen LogP contribution in [0.15, 0.2) is 47.4 Å². The lowest BCUT2D eigenvalue weighted by Crippen LogP contribution is -2.36. The maximum Gasteiger partial charge on any atom is 0.335 e. The van der Waals surface area contributed by atoms with E-state index in [1.54, 1.807) is 32.0 Å². The van der Waals surface area contributed by atoms with Crippen LogP contribution in [-0.2, 0) is 0 Å². The third-order valence-corrected chi connectivity index (χ3v) is 6.13. The first-order valence-corrected chi connectivity index (χ1v) is 12.1. The zero-order valence-electron chi connectivity index (χ0n) is 20.6. The topological polar surface area (TPSA) is 131 Å². The number of carboxylic acid groups (broad SMARTS) is 1. The number of aryl methyl sites for hydroxylation is 2. The second kappa shape index (κ2) is 11.1. The van der Waals surface area contributed by atoms with E-state index in [1.165, 1.54) is 18.0 Å². The molecule has 5 N–H and O–H groups in total. The lowest BCUT2D eigenvalue weighted by Gasteiger charge is -2.22. The molecule has 9 heteroatoms. The van der Waals surface area contributed by atoms with Gasteiger partial charge in [-0.15, -0.1) is 0 Å². The van der Waals surface area contributed by atoms with Crippen molar-refractivity contribution < 1.29 is 19.7 Å². The highest BCUT2D eigenvalue weighted by molar-refractivity contribution is 8.00. The number of hydrogen-bond acceptors (Lipinski definition) is 8. The summed E-state index contributed by atoms with van der Waals surface area (Å²) in [6.07, 6.45) is 0.377. The van der Waals surface area contributed by atoms with Gasteiger partial charge in [-0.05, 0) is 82.3 Å². The van der Waals surface area contributed by atoms with E-state index in [0.29, 0.717) is 23.1 Å². The largest absolute Gasteiger partial charge is 0.478 e. The first-order valence-electron chi connectivity index (χ1n) is 11.3. The van der Waals surface area contributed by atoms with E-state index in [0.717, 1.165) is 27.9 Å². The van der Waals surface area contributed by atoms with Gasteiger partial charge in [0, 0.05) is 22.1 Å². The van der Waals surface area contributed by atoms with Crippen molar-refractivity contribution in [2.24, 2.45) is 5.73 Å². The van der Waals surface area contributed by atoms with Gasteiger partial charge in [0.25, 0.3) is 0 Å². The monoisotopic (exact) mass is 496 g/mol. The van der Waals surface area contributed by atoms with E-state index in [-0.39, 0.29) is 18.2 Å². The van der Waals surface area contributed by atoms with Crippen LogP contribution in [0.1, 0.15) is 47.3 Å². The van der Waals surface area contributed by atoms with Crippen molar-refractivity contribution in [1.29, 1.82) is 0 Å². The number of nitrogens with zero attached hydrogens (tertiary/aromatic N) is 2. The van der Waals surface area contributed by atoms with Gasteiger partial charge in [0.2, 0.25) is 11.8 Å². The van der Waals surface area contributed by atoms with E-state index in [4.69, 9.17) is 15.5 Å². The zero-order chi connectivity index (χ0) is 25.8. The first kappa shape index (κ1) is 26.5. The van der Waals surface area contributed by atoms with Crippen LogP contribution in [0.2, 0.25) is 0 Å². The molecule has 0 saturated heterocycles. The molecule has 186 valence electrons. The molecule has 0 bridgehead atoms. The first-order chi connectivity index (χ1) is 16.4. The molecule has 1 aromatic heterocycles. The molecule has 0 fully saturated rings. The van der Waals surface area contributed by atoms with E-state index < -0.39 is 11.6 Å². The Bertz CT molecular complexity index is 1190. The molecule has 3 aromatic rings. The van der Waals surface area contributed by atoms with Gasteiger partial charge in [0.05, 0.1) is 16.9 Å². The number of ether oxygens (including phenoxy) is 1. The molecule has 0 aliphatic rings. The third kappa shape index (κ3) is 7.17. The van der Waals surface area contributed by atoms with Crippen LogP contribution in [0.25, 0.3) is 11.3 Å². The number of carbonyl (C=O) groups is 1. The van der Waals surface area contributed by atoms with Crippen molar-refractivity contribution in [2.75, 3.05) is 11.3 Å². The minimum absolute atomic E-state index is 0.182. The number of aromatic carboxylic acids is 1. The molecule has 0 spiro atoms. The Kier molecular flexibility index (Phi) is 8.37. The fraction of sp³-hybridized carbons (Fsp3) is 0.346. The second-order valence-corrected chi connectivity index (χ2v) is 10.1. The van der Waals surface area contributed by atoms with Crippen molar-refractivity contribution in [3.8, 4) is 17.1 Å². The van der Waals surface area contributed by atoms with Gasteiger partial charge in [0.15, 0.2) is 0 Å². The molecule has 1 heterocycles. The number of benzene rings is 2. The lowest BCUT2D eigenvalue weighted by molar-refractivity contribution is 0.0570. The summed E-state index contributed by atoms with van der Waals surface area (Å²) in [5.74, 6) is -0.272. The number of nitrogens with one attached hydrogen (secondary N) is 1. The summed E-state index contributed by atoms with van der Waals surface area (Å²) in [7, 11) is 0. The predicted octanol–water partition coefficient (Wildman–Crippen LogP) is 4.75. The molecule has 35 heavy (non-hydrogen) atoms. The molecule has 0 amide bonds. The number of aliphatic hydroxyl groups is 1. The molecular formula is C26H32N4O4S. The van der Waals surface area contributed by atoms with Crippen molar-refractivity contribution in [1.82, 2.24) is 9.97 Å².